The molecule has 1 unspecified atom stereocenters. The van der Waals surface area contributed by atoms with Crippen LogP contribution in [-0.4, -0.2) is 34.2 Å². The number of anilines is 1. The Bertz CT molecular complexity index is 898. The molecule has 1 aromatic carbocycles. The van der Waals surface area contributed by atoms with Gasteiger partial charge in [-0.1, -0.05) is 0 Å². The van der Waals surface area contributed by atoms with E-state index in [2.05, 4.69) is 0 Å². The van der Waals surface area contributed by atoms with Crippen LogP contribution in [0.15, 0.2) is 24.3 Å². The fraction of sp³-hybridized carbons (Fsp3) is 0.640. The highest BCUT2D eigenvalue weighted by molar-refractivity contribution is 6.23. The van der Waals surface area contributed by atoms with Crippen molar-refractivity contribution in [2.24, 2.45) is 23.2 Å². The first kappa shape index (κ1) is 20.7. The molecule has 4 bridgehead atoms. The van der Waals surface area contributed by atoms with Crippen molar-refractivity contribution in [3.05, 3.63) is 30.1 Å². The van der Waals surface area contributed by atoms with Crippen LogP contribution in [0.1, 0.15) is 65.7 Å². The molecular formula is C25H31FN2O3. The molecule has 1 saturated heterocycles. The lowest BCUT2D eigenvalue weighted by Crippen LogP contribution is -2.62. The number of hydrogen-bond acceptors (Lipinski definition) is 3. The first-order chi connectivity index (χ1) is 14.6. The Morgan fingerprint density at radius 3 is 2.00 bits per heavy atom. The Morgan fingerprint density at radius 1 is 1.00 bits per heavy atom. The fourth-order valence-corrected chi connectivity index (χ4v) is 7.22. The summed E-state index contributed by atoms with van der Waals surface area (Å²) in [5.41, 5.74) is -0.607. The largest absolute Gasteiger partial charge is 0.325 e. The second-order valence-corrected chi connectivity index (χ2v) is 11.3. The normalized spacial score (nSPS) is 34.5. The predicted octanol–water partition coefficient (Wildman–Crippen LogP) is 4.30. The number of imide groups is 1. The van der Waals surface area contributed by atoms with Gasteiger partial charge in [0.05, 0.1) is 17.5 Å². The summed E-state index contributed by atoms with van der Waals surface area (Å²) in [4.78, 5) is 43.3. The minimum absolute atomic E-state index is 0.0222. The van der Waals surface area contributed by atoms with Gasteiger partial charge in [0.1, 0.15) is 11.9 Å². The lowest BCUT2D eigenvalue weighted by Gasteiger charge is -2.58. The molecule has 0 N–H and O–H groups in total. The third kappa shape index (κ3) is 3.30. The Labute approximate surface area is 183 Å². The molecule has 1 atom stereocenters. The summed E-state index contributed by atoms with van der Waals surface area (Å²) in [5, 5.41) is 0. The van der Waals surface area contributed by atoms with E-state index in [0.717, 1.165) is 24.2 Å². The minimum Gasteiger partial charge on any atom is -0.325 e. The molecule has 166 valence electrons. The Kier molecular flexibility index (Phi) is 4.58. The van der Waals surface area contributed by atoms with Crippen molar-refractivity contribution in [3.63, 3.8) is 0 Å². The third-order valence-corrected chi connectivity index (χ3v) is 7.95. The van der Waals surface area contributed by atoms with Gasteiger partial charge in [-0.15, -0.1) is 0 Å². The quantitative estimate of drug-likeness (QED) is 0.677. The summed E-state index contributed by atoms with van der Waals surface area (Å²) < 4.78 is 13.4. The summed E-state index contributed by atoms with van der Waals surface area (Å²) in [6.07, 6.45) is 6.44. The second kappa shape index (κ2) is 6.88. The molecule has 6 heteroatoms. The maximum Gasteiger partial charge on any atom is 0.257 e. The summed E-state index contributed by atoms with van der Waals surface area (Å²) in [6, 6.07) is 4.56. The van der Waals surface area contributed by atoms with E-state index in [1.165, 1.54) is 43.5 Å². The van der Waals surface area contributed by atoms with Crippen LogP contribution in [0.3, 0.4) is 0 Å². The lowest BCUT2D eigenvalue weighted by atomic mass is 9.49. The van der Waals surface area contributed by atoms with E-state index < -0.39 is 17.4 Å². The van der Waals surface area contributed by atoms with E-state index in [-0.39, 0.29) is 29.6 Å². The highest BCUT2D eigenvalue weighted by Crippen LogP contribution is 2.61. The second-order valence-electron chi connectivity index (χ2n) is 11.3. The van der Waals surface area contributed by atoms with Crippen LogP contribution >= 0.6 is 0 Å². The third-order valence-electron chi connectivity index (χ3n) is 7.95. The molecule has 1 heterocycles. The molecule has 5 aliphatic rings. The molecule has 4 saturated carbocycles. The van der Waals surface area contributed by atoms with E-state index in [1.54, 1.807) is 4.90 Å². The van der Waals surface area contributed by atoms with Gasteiger partial charge in [0.2, 0.25) is 11.8 Å². The maximum atomic E-state index is 14.2. The number of nitrogens with zero attached hydrogens (tertiary/aromatic N) is 2. The van der Waals surface area contributed by atoms with Gasteiger partial charge in [-0.3, -0.25) is 14.4 Å². The Morgan fingerprint density at radius 2 is 1.52 bits per heavy atom. The van der Waals surface area contributed by atoms with Crippen LogP contribution in [0.5, 0.6) is 0 Å². The van der Waals surface area contributed by atoms with Crippen LogP contribution in [0, 0.1) is 29.0 Å². The smallest absolute Gasteiger partial charge is 0.257 e. The monoisotopic (exact) mass is 426 g/mol. The molecule has 0 aromatic heterocycles. The average Bonchev–Trinajstić information content (AvgIpc) is 2.94. The minimum atomic E-state index is -0.807. The van der Waals surface area contributed by atoms with Crippen LogP contribution in [0.2, 0.25) is 0 Å². The molecule has 5 fully saturated rings. The average molecular weight is 427 g/mol. The number of halogens is 1. The van der Waals surface area contributed by atoms with Crippen molar-refractivity contribution < 1.29 is 18.8 Å². The molecular weight excluding hydrogens is 395 g/mol. The van der Waals surface area contributed by atoms with Gasteiger partial charge in [0.15, 0.2) is 0 Å². The van der Waals surface area contributed by atoms with Crippen molar-refractivity contribution in [3.8, 4) is 0 Å². The summed E-state index contributed by atoms with van der Waals surface area (Å²) >= 11 is 0. The summed E-state index contributed by atoms with van der Waals surface area (Å²) in [5.74, 6) is 0.772. The van der Waals surface area contributed by atoms with Gasteiger partial charge in [0, 0.05) is 5.54 Å². The number of carbonyl (C=O) groups excluding carboxylic acids is 3. The molecule has 3 amide bonds. The molecule has 1 aliphatic heterocycles. The topological polar surface area (TPSA) is 57.7 Å². The molecule has 0 spiro atoms. The van der Waals surface area contributed by atoms with E-state index >= 15 is 0 Å². The van der Waals surface area contributed by atoms with Gasteiger partial charge in [-0.25, -0.2) is 9.29 Å². The zero-order chi connectivity index (χ0) is 22.1. The molecule has 6 rings (SSSR count). The van der Waals surface area contributed by atoms with E-state index in [0.29, 0.717) is 23.4 Å². The Hall–Kier alpha value is -2.24. The van der Waals surface area contributed by atoms with Crippen LogP contribution < -0.4 is 4.90 Å². The van der Waals surface area contributed by atoms with Gasteiger partial charge < -0.3 is 4.90 Å². The van der Waals surface area contributed by atoms with Crippen molar-refractivity contribution in [2.45, 2.75) is 77.3 Å². The van der Waals surface area contributed by atoms with Crippen molar-refractivity contribution in [1.82, 2.24) is 4.90 Å². The van der Waals surface area contributed by atoms with Crippen molar-refractivity contribution in [1.29, 1.82) is 0 Å². The van der Waals surface area contributed by atoms with Crippen LogP contribution in [0.4, 0.5) is 10.1 Å². The molecule has 1 aromatic rings. The van der Waals surface area contributed by atoms with Crippen molar-refractivity contribution in [2.75, 3.05) is 4.90 Å². The van der Waals surface area contributed by atoms with E-state index in [9.17, 15) is 18.8 Å². The molecule has 31 heavy (non-hydrogen) atoms. The number of benzene rings is 1. The zero-order valence-electron chi connectivity index (χ0n) is 18.6. The first-order valence-corrected chi connectivity index (χ1v) is 11.5. The van der Waals surface area contributed by atoms with Crippen LogP contribution in [0.25, 0.3) is 0 Å². The highest BCUT2D eigenvalue weighted by Gasteiger charge is 2.58. The molecule has 0 radical (unpaired) electrons. The van der Waals surface area contributed by atoms with E-state index in [1.807, 2.05) is 20.8 Å². The number of rotatable bonds is 3. The number of hydrogen-bond donors (Lipinski definition) is 0. The number of amides is 3. The SMILES string of the molecule is CC(C)(C)N(C(=O)C12CC3CC(CC(C3)C1)C2)C1CC(=O)N(c2ccc(F)cc2)C1=O. The summed E-state index contributed by atoms with van der Waals surface area (Å²) in [7, 11) is 0. The standard InChI is InChI=1S/C25H31FN2O3/c1-24(2,3)28(23(31)25-12-15-8-16(13-25)10-17(9-15)14-25)20-11-21(29)27(22(20)30)19-6-4-18(26)5-7-19/h4-7,15-17,20H,8-14H2,1-3H3. The van der Waals surface area contributed by atoms with Gasteiger partial charge in [0.25, 0.3) is 5.91 Å². The van der Waals surface area contributed by atoms with Crippen LogP contribution in [-0.2, 0) is 14.4 Å². The molecule has 5 nitrogen and oxygen atoms in total. The summed E-state index contributed by atoms with van der Waals surface area (Å²) in [6.45, 7) is 5.84. The maximum absolute atomic E-state index is 14.2. The van der Waals surface area contributed by atoms with Gasteiger partial charge in [-0.2, -0.15) is 0 Å². The van der Waals surface area contributed by atoms with Gasteiger partial charge >= 0.3 is 0 Å². The zero-order valence-corrected chi connectivity index (χ0v) is 18.6. The Balaban J connectivity index is 1.47. The van der Waals surface area contributed by atoms with Gasteiger partial charge in [-0.05, 0) is 101 Å². The predicted molar refractivity (Wildman–Crippen MR) is 115 cm³/mol. The highest BCUT2D eigenvalue weighted by atomic mass is 19.1. The first-order valence-electron chi connectivity index (χ1n) is 11.5. The number of carbonyl (C=O) groups is 3. The fourth-order valence-electron chi connectivity index (χ4n) is 7.22. The lowest BCUT2D eigenvalue weighted by molar-refractivity contribution is -0.167. The van der Waals surface area contributed by atoms with E-state index in [4.69, 9.17) is 0 Å². The van der Waals surface area contributed by atoms with Crippen molar-refractivity contribution >= 4 is 23.4 Å². The molecule has 4 aliphatic carbocycles.